The summed E-state index contributed by atoms with van der Waals surface area (Å²) >= 11 is 0. The third-order valence-corrected chi connectivity index (χ3v) is 9.93. The highest BCUT2D eigenvalue weighted by Crippen LogP contribution is 2.42. The number of ether oxygens (including phenoxy) is 1. The summed E-state index contributed by atoms with van der Waals surface area (Å²) < 4.78 is 26.8. The van der Waals surface area contributed by atoms with Crippen LogP contribution in [0.15, 0.2) is 12.2 Å². The number of phosphoric ester groups is 1. The lowest BCUT2D eigenvalue weighted by molar-refractivity contribution is -0.147. The van der Waals surface area contributed by atoms with E-state index in [2.05, 4.69) is 31.3 Å². The molecule has 0 saturated heterocycles. The lowest BCUT2D eigenvalue weighted by atomic mass is 10.0. The molecule has 50 heavy (non-hydrogen) atoms. The zero-order chi connectivity index (χ0) is 36.8. The standard InChI is InChI=1S/C40H78NO8P/c1-3-5-7-9-11-13-15-17-18-19-20-21-23-25-27-29-31-33-40(44)47-36-38(42)37-49-50(45,46)48-35-34-41-39(43)32-30-28-26-24-22-16-14-12-10-8-6-4-2/h12,14,38,42H,3-11,13,15-37H2,1-2H3,(H,41,43)(H,45,46)/b14-12-. The number of nitrogens with one attached hydrogen (secondary N) is 1. The predicted octanol–water partition coefficient (Wildman–Crippen LogP) is 11.0. The summed E-state index contributed by atoms with van der Waals surface area (Å²) in [5.41, 5.74) is 0. The maximum atomic E-state index is 12.1. The Labute approximate surface area is 307 Å². The van der Waals surface area contributed by atoms with Gasteiger partial charge in [-0.05, 0) is 38.5 Å². The second kappa shape index (κ2) is 37.5. The molecule has 2 unspecified atom stereocenters. The Morgan fingerprint density at radius 3 is 1.54 bits per heavy atom. The van der Waals surface area contributed by atoms with Crippen LogP contribution in [0.1, 0.15) is 200 Å². The lowest BCUT2D eigenvalue weighted by Crippen LogP contribution is -2.27. The van der Waals surface area contributed by atoms with E-state index in [1.807, 2.05) is 0 Å². The molecule has 2 atom stereocenters. The summed E-state index contributed by atoms with van der Waals surface area (Å²) in [7, 11) is -4.41. The van der Waals surface area contributed by atoms with Crippen molar-refractivity contribution >= 4 is 19.7 Å². The molecule has 0 spiro atoms. The van der Waals surface area contributed by atoms with Gasteiger partial charge in [-0.15, -0.1) is 0 Å². The Hall–Kier alpha value is -1.25. The van der Waals surface area contributed by atoms with Crippen molar-refractivity contribution in [1.29, 1.82) is 0 Å². The molecule has 0 aromatic carbocycles. The first-order valence-corrected chi connectivity index (χ1v) is 22.2. The Morgan fingerprint density at radius 1 is 0.600 bits per heavy atom. The quantitative estimate of drug-likeness (QED) is 0.0246. The molecule has 0 radical (unpaired) electrons. The van der Waals surface area contributed by atoms with E-state index in [0.717, 1.165) is 51.4 Å². The molecule has 0 saturated carbocycles. The second-order valence-corrected chi connectivity index (χ2v) is 15.4. The van der Waals surface area contributed by atoms with E-state index in [9.17, 15) is 24.2 Å². The minimum atomic E-state index is -4.41. The molecule has 0 heterocycles. The summed E-state index contributed by atoms with van der Waals surface area (Å²) in [5, 5.41) is 12.7. The molecule has 3 N–H and O–H groups in total. The average Bonchev–Trinajstić information content (AvgIpc) is 3.10. The van der Waals surface area contributed by atoms with Gasteiger partial charge in [0.1, 0.15) is 12.7 Å². The number of hydrogen-bond acceptors (Lipinski definition) is 7. The topological polar surface area (TPSA) is 131 Å². The first-order chi connectivity index (χ1) is 24.3. The van der Waals surface area contributed by atoms with E-state index in [0.29, 0.717) is 6.42 Å². The molecule has 0 bridgehead atoms. The van der Waals surface area contributed by atoms with Crippen molar-refractivity contribution in [3.05, 3.63) is 12.2 Å². The number of amides is 1. The van der Waals surface area contributed by atoms with Gasteiger partial charge >= 0.3 is 13.8 Å². The van der Waals surface area contributed by atoms with Crippen LogP contribution in [0.3, 0.4) is 0 Å². The third-order valence-electron chi connectivity index (χ3n) is 8.95. The van der Waals surface area contributed by atoms with Gasteiger partial charge in [0, 0.05) is 19.4 Å². The van der Waals surface area contributed by atoms with Crippen molar-refractivity contribution in [1.82, 2.24) is 5.32 Å². The molecule has 296 valence electrons. The molecule has 0 aliphatic carbocycles. The summed E-state index contributed by atoms with van der Waals surface area (Å²) in [4.78, 5) is 33.8. The number of aliphatic hydroxyl groups excluding tert-OH is 1. The van der Waals surface area contributed by atoms with Crippen LogP contribution in [0.5, 0.6) is 0 Å². The molecule has 0 aliphatic rings. The fourth-order valence-corrected chi connectivity index (χ4v) is 6.54. The Bertz CT molecular complexity index is 840. The summed E-state index contributed by atoms with van der Waals surface area (Å²) in [5.74, 6) is -0.519. The van der Waals surface area contributed by atoms with Crippen molar-refractivity contribution in [2.75, 3.05) is 26.4 Å². The van der Waals surface area contributed by atoms with E-state index < -0.39 is 26.5 Å². The number of phosphoric acid groups is 1. The van der Waals surface area contributed by atoms with Gasteiger partial charge in [-0.2, -0.15) is 0 Å². The van der Waals surface area contributed by atoms with E-state index in [1.54, 1.807) is 0 Å². The molecule has 0 aromatic heterocycles. The van der Waals surface area contributed by atoms with Crippen LogP contribution < -0.4 is 5.32 Å². The Kier molecular flexibility index (Phi) is 36.6. The summed E-state index contributed by atoms with van der Waals surface area (Å²) in [6, 6.07) is 0. The maximum absolute atomic E-state index is 12.1. The highest BCUT2D eigenvalue weighted by Gasteiger charge is 2.23. The number of rotatable bonds is 39. The highest BCUT2D eigenvalue weighted by molar-refractivity contribution is 7.47. The van der Waals surface area contributed by atoms with Crippen LogP contribution in [0.4, 0.5) is 0 Å². The number of carbonyl (C=O) groups is 2. The number of hydrogen-bond donors (Lipinski definition) is 3. The van der Waals surface area contributed by atoms with Crippen LogP contribution in [-0.2, 0) is 27.9 Å². The average molecular weight is 732 g/mol. The van der Waals surface area contributed by atoms with Crippen LogP contribution in [0.25, 0.3) is 0 Å². The van der Waals surface area contributed by atoms with E-state index in [-0.39, 0.29) is 32.1 Å². The first-order valence-electron chi connectivity index (χ1n) is 20.7. The summed E-state index contributed by atoms with van der Waals surface area (Å²) in [6.45, 7) is 3.54. The minimum Gasteiger partial charge on any atom is -0.463 e. The van der Waals surface area contributed by atoms with Gasteiger partial charge in [0.15, 0.2) is 0 Å². The van der Waals surface area contributed by atoms with E-state index in [1.165, 1.54) is 122 Å². The smallest absolute Gasteiger partial charge is 0.463 e. The monoisotopic (exact) mass is 732 g/mol. The van der Waals surface area contributed by atoms with Gasteiger partial charge in [-0.3, -0.25) is 18.6 Å². The SMILES string of the molecule is CCCCC/C=C\CCCCCCCC(=O)NCCOP(=O)(O)OCC(O)COC(=O)CCCCCCCCCCCCCCCCCCC. The molecule has 0 fully saturated rings. The number of aliphatic hydroxyl groups is 1. The number of allylic oxidation sites excluding steroid dienone is 2. The normalized spacial score (nSPS) is 13.4. The molecule has 0 rings (SSSR count). The summed E-state index contributed by atoms with van der Waals surface area (Å²) in [6.07, 6.45) is 37.1. The second-order valence-electron chi connectivity index (χ2n) is 14.0. The number of esters is 1. The largest absolute Gasteiger partial charge is 0.472 e. The van der Waals surface area contributed by atoms with Crippen LogP contribution in [-0.4, -0.2) is 54.3 Å². The molecular weight excluding hydrogens is 653 g/mol. The fraction of sp³-hybridized carbons (Fsp3) is 0.900. The lowest BCUT2D eigenvalue weighted by Gasteiger charge is -2.15. The van der Waals surface area contributed by atoms with Crippen LogP contribution in [0, 0.1) is 0 Å². The molecule has 1 amide bonds. The van der Waals surface area contributed by atoms with Gasteiger partial charge in [0.2, 0.25) is 5.91 Å². The van der Waals surface area contributed by atoms with E-state index >= 15 is 0 Å². The zero-order valence-corrected chi connectivity index (χ0v) is 33.3. The van der Waals surface area contributed by atoms with Gasteiger partial charge < -0.3 is 20.1 Å². The van der Waals surface area contributed by atoms with Gasteiger partial charge in [0.25, 0.3) is 0 Å². The van der Waals surface area contributed by atoms with Crippen LogP contribution in [0.2, 0.25) is 0 Å². The first kappa shape index (κ1) is 48.8. The zero-order valence-electron chi connectivity index (χ0n) is 32.4. The van der Waals surface area contributed by atoms with Crippen molar-refractivity contribution < 1.29 is 37.9 Å². The van der Waals surface area contributed by atoms with Gasteiger partial charge in [-0.1, -0.05) is 161 Å². The van der Waals surface area contributed by atoms with Crippen molar-refractivity contribution in [2.45, 2.75) is 206 Å². The van der Waals surface area contributed by atoms with Gasteiger partial charge in [0.05, 0.1) is 13.2 Å². The molecule has 10 heteroatoms. The fourth-order valence-electron chi connectivity index (χ4n) is 5.79. The Balaban J connectivity index is 3.58. The maximum Gasteiger partial charge on any atom is 0.472 e. The molecule has 0 aliphatic heterocycles. The molecule has 9 nitrogen and oxygen atoms in total. The van der Waals surface area contributed by atoms with Crippen LogP contribution >= 0.6 is 7.82 Å². The van der Waals surface area contributed by atoms with Crippen molar-refractivity contribution in [3.8, 4) is 0 Å². The molecule has 0 aromatic rings. The predicted molar refractivity (Wildman–Crippen MR) is 206 cm³/mol. The number of carbonyl (C=O) groups excluding carboxylic acids is 2. The Morgan fingerprint density at radius 2 is 1.02 bits per heavy atom. The highest BCUT2D eigenvalue weighted by atomic mass is 31.2. The third kappa shape index (κ3) is 38.0. The van der Waals surface area contributed by atoms with Gasteiger partial charge in [-0.25, -0.2) is 4.57 Å². The minimum absolute atomic E-state index is 0.0803. The number of unbranched alkanes of at least 4 members (excludes halogenated alkanes) is 24. The van der Waals surface area contributed by atoms with Crippen molar-refractivity contribution in [3.63, 3.8) is 0 Å². The molecular formula is C40H78NO8P. The van der Waals surface area contributed by atoms with Crippen molar-refractivity contribution in [2.24, 2.45) is 0 Å². The van der Waals surface area contributed by atoms with E-state index in [4.69, 9.17) is 13.8 Å².